The summed E-state index contributed by atoms with van der Waals surface area (Å²) in [6.07, 6.45) is 1.57. The summed E-state index contributed by atoms with van der Waals surface area (Å²) in [6, 6.07) is 26.9. The second-order valence-electron chi connectivity index (χ2n) is 7.96. The molecule has 6 nitrogen and oxygen atoms in total. The molecule has 0 radical (unpaired) electrons. The van der Waals surface area contributed by atoms with Crippen LogP contribution in [-0.4, -0.2) is 24.6 Å². The third-order valence-corrected chi connectivity index (χ3v) is 5.78. The van der Waals surface area contributed by atoms with Crippen LogP contribution in [0.2, 0.25) is 0 Å². The van der Waals surface area contributed by atoms with Gasteiger partial charge in [-0.3, -0.25) is 9.59 Å². The lowest BCUT2D eigenvalue weighted by atomic mass is 10.0. The fourth-order valence-electron chi connectivity index (χ4n) is 3.58. The molecule has 0 aromatic heterocycles. The smallest absolute Gasteiger partial charge is 0.259 e. The molecule has 7 heteroatoms. The Labute approximate surface area is 212 Å². The van der Waals surface area contributed by atoms with Crippen molar-refractivity contribution in [1.29, 1.82) is 0 Å². The van der Waals surface area contributed by atoms with Crippen molar-refractivity contribution in [2.45, 2.75) is 13.5 Å². The van der Waals surface area contributed by atoms with E-state index in [1.165, 1.54) is 0 Å². The highest BCUT2D eigenvalue weighted by atomic mass is 79.9. The van der Waals surface area contributed by atoms with Gasteiger partial charge in [-0.05, 0) is 53.6 Å². The zero-order chi connectivity index (χ0) is 24.6. The maximum atomic E-state index is 12.3. The number of hydrazone groups is 1. The molecule has 0 unspecified atom stereocenters. The molecule has 0 aliphatic heterocycles. The first-order chi connectivity index (χ1) is 17.0. The summed E-state index contributed by atoms with van der Waals surface area (Å²) in [5.41, 5.74) is 5.73. The standard InChI is InChI=1S/C28H24BrN3O3/c1-19-6-4-9-22(14-19)28(34)30-17-27(33)32-31-16-25-24-11-3-2-8-21(24)12-13-26(25)35-18-20-7-5-10-23(29)15-20/h2-16H,17-18H2,1H3,(H,30,34)(H,32,33). The summed E-state index contributed by atoms with van der Waals surface area (Å²) < 4.78 is 7.08. The Morgan fingerprint density at radius 1 is 0.971 bits per heavy atom. The molecule has 0 fully saturated rings. The van der Waals surface area contributed by atoms with Crippen LogP contribution in [0.25, 0.3) is 10.8 Å². The normalized spacial score (nSPS) is 10.9. The molecule has 4 aromatic carbocycles. The Balaban J connectivity index is 1.44. The number of benzene rings is 4. The van der Waals surface area contributed by atoms with Crippen LogP contribution in [0.15, 0.2) is 94.5 Å². The van der Waals surface area contributed by atoms with Crippen molar-refractivity contribution < 1.29 is 14.3 Å². The quantitative estimate of drug-likeness (QED) is 0.238. The van der Waals surface area contributed by atoms with E-state index in [0.717, 1.165) is 31.9 Å². The van der Waals surface area contributed by atoms with Gasteiger partial charge in [0, 0.05) is 15.6 Å². The molecule has 4 rings (SSSR count). The topological polar surface area (TPSA) is 79.8 Å². The molecule has 0 saturated carbocycles. The van der Waals surface area contributed by atoms with Crippen molar-refractivity contribution in [3.63, 3.8) is 0 Å². The largest absolute Gasteiger partial charge is 0.488 e. The van der Waals surface area contributed by atoms with Gasteiger partial charge in [-0.25, -0.2) is 5.43 Å². The average molecular weight is 530 g/mol. The van der Waals surface area contributed by atoms with E-state index in [1.807, 2.05) is 73.7 Å². The lowest BCUT2D eigenvalue weighted by Gasteiger charge is -2.12. The second-order valence-corrected chi connectivity index (χ2v) is 8.88. The van der Waals surface area contributed by atoms with Gasteiger partial charge >= 0.3 is 0 Å². The highest BCUT2D eigenvalue weighted by Gasteiger charge is 2.10. The van der Waals surface area contributed by atoms with E-state index in [9.17, 15) is 9.59 Å². The van der Waals surface area contributed by atoms with E-state index in [1.54, 1.807) is 24.4 Å². The molecule has 0 saturated heterocycles. The molecule has 35 heavy (non-hydrogen) atoms. The minimum absolute atomic E-state index is 0.189. The van der Waals surface area contributed by atoms with Crippen LogP contribution in [0, 0.1) is 6.92 Å². The number of rotatable bonds is 8. The maximum absolute atomic E-state index is 12.3. The van der Waals surface area contributed by atoms with Crippen LogP contribution in [0.3, 0.4) is 0 Å². The average Bonchev–Trinajstić information content (AvgIpc) is 2.86. The molecule has 0 bridgehead atoms. The Morgan fingerprint density at radius 3 is 2.63 bits per heavy atom. The van der Waals surface area contributed by atoms with Gasteiger partial charge in [-0.2, -0.15) is 5.10 Å². The summed E-state index contributed by atoms with van der Waals surface area (Å²) in [7, 11) is 0. The van der Waals surface area contributed by atoms with Crippen LogP contribution in [0.5, 0.6) is 5.75 Å². The molecule has 0 aliphatic rings. The molecule has 2 amide bonds. The molecule has 4 aromatic rings. The maximum Gasteiger partial charge on any atom is 0.259 e. The van der Waals surface area contributed by atoms with Crippen molar-refractivity contribution >= 4 is 44.7 Å². The van der Waals surface area contributed by atoms with E-state index in [2.05, 4.69) is 31.8 Å². The number of carbonyl (C=O) groups excluding carboxylic acids is 2. The van der Waals surface area contributed by atoms with E-state index < -0.39 is 5.91 Å². The van der Waals surface area contributed by atoms with Crippen LogP contribution in [0.1, 0.15) is 27.0 Å². The van der Waals surface area contributed by atoms with Gasteiger partial charge in [-0.15, -0.1) is 0 Å². The number of ether oxygens (including phenoxy) is 1. The molecule has 0 aliphatic carbocycles. The zero-order valence-corrected chi connectivity index (χ0v) is 20.7. The number of fused-ring (bicyclic) bond motifs is 1. The molecular weight excluding hydrogens is 506 g/mol. The van der Waals surface area contributed by atoms with Gasteiger partial charge in [0.05, 0.1) is 12.8 Å². The predicted octanol–water partition coefficient (Wildman–Crippen LogP) is 5.37. The summed E-state index contributed by atoms with van der Waals surface area (Å²) >= 11 is 3.48. The lowest BCUT2D eigenvalue weighted by molar-refractivity contribution is -0.120. The first-order valence-corrected chi connectivity index (χ1v) is 11.8. The number of hydrogen-bond acceptors (Lipinski definition) is 4. The van der Waals surface area contributed by atoms with Crippen molar-refractivity contribution in [3.8, 4) is 5.75 Å². The van der Waals surface area contributed by atoms with Gasteiger partial charge in [0.2, 0.25) is 0 Å². The van der Waals surface area contributed by atoms with Gasteiger partial charge in [0.1, 0.15) is 12.4 Å². The van der Waals surface area contributed by atoms with E-state index in [4.69, 9.17) is 4.74 Å². The molecular formula is C28H24BrN3O3. The molecule has 0 heterocycles. The number of nitrogens with one attached hydrogen (secondary N) is 2. The lowest BCUT2D eigenvalue weighted by Crippen LogP contribution is -2.34. The number of aryl methyl sites for hydroxylation is 1. The first kappa shape index (κ1) is 24.2. The minimum atomic E-state index is -0.431. The van der Waals surface area contributed by atoms with E-state index >= 15 is 0 Å². The zero-order valence-electron chi connectivity index (χ0n) is 19.1. The van der Waals surface area contributed by atoms with E-state index in [0.29, 0.717) is 17.9 Å². The van der Waals surface area contributed by atoms with Gasteiger partial charge in [-0.1, -0.05) is 76.1 Å². The summed E-state index contributed by atoms with van der Waals surface area (Å²) in [5, 5.41) is 8.71. The number of carbonyl (C=O) groups is 2. The van der Waals surface area contributed by atoms with Crippen molar-refractivity contribution in [1.82, 2.24) is 10.7 Å². The Kier molecular flexibility index (Phi) is 7.90. The SMILES string of the molecule is Cc1cccc(C(=O)NCC(=O)NN=Cc2c(OCc3cccc(Br)c3)ccc3ccccc23)c1. The van der Waals surface area contributed by atoms with Gasteiger partial charge in [0.25, 0.3) is 11.8 Å². The van der Waals surface area contributed by atoms with Gasteiger partial charge in [0.15, 0.2) is 0 Å². The number of amides is 2. The van der Waals surface area contributed by atoms with Crippen LogP contribution >= 0.6 is 15.9 Å². The number of nitrogens with zero attached hydrogens (tertiary/aromatic N) is 1. The van der Waals surface area contributed by atoms with Gasteiger partial charge < -0.3 is 10.1 Å². The Hall–Kier alpha value is -3.97. The number of hydrogen-bond donors (Lipinski definition) is 2. The third-order valence-electron chi connectivity index (χ3n) is 5.29. The fraction of sp³-hybridized carbons (Fsp3) is 0.107. The monoisotopic (exact) mass is 529 g/mol. The predicted molar refractivity (Wildman–Crippen MR) is 142 cm³/mol. The Bertz CT molecular complexity index is 1400. The third kappa shape index (κ3) is 6.55. The van der Waals surface area contributed by atoms with Crippen LogP contribution in [0.4, 0.5) is 0 Å². The van der Waals surface area contributed by atoms with Crippen molar-refractivity contribution in [3.05, 3.63) is 112 Å². The summed E-state index contributed by atoms with van der Waals surface area (Å²) in [4.78, 5) is 24.5. The number of halogens is 1. The Morgan fingerprint density at radius 2 is 1.80 bits per heavy atom. The molecule has 2 N–H and O–H groups in total. The fourth-order valence-corrected chi connectivity index (χ4v) is 4.03. The first-order valence-electron chi connectivity index (χ1n) is 11.1. The van der Waals surface area contributed by atoms with Crippen LogP contribution < -0.4 is 15.5 Å². The summed E-state index contributed by atoms with van der Waals surface area (Å²) in [6.45, 7) is 2.10. The summed E-state index contributed by atoms with van der Waals surface area (Å²) in [5.74, 6) is -0.0985. The van der Waals surface area contributed by atoms with Crippen LogP contribution in [-0.2, 0) is 11.4 Å². The molecule has 0 atom stereocenters. The van der Waals surface area contributed by atoms with E-state index in [-0.39, 0.29) is 12.5 Å². The second kappa shape index (κ2) is 11.4. The van der Waals surface area contributed by atoms with Crippen molar-refractivity contribution in [2.24, 2.45) is 5.10 Å². The van der Waals surface area contributed by atoms with Crippen molar-refractivity contribution in [2.75, 3.05) is 6.54 Å². The highest BCUT2D eigenvalue weighted by Crippen LogP contribution is 2.27. The highest BCUT2D eigenvalue weighted by molar-refractivity contribution is 9.10. The molecule has 176 valence electrons. The molecule has 0 spiro atoms. The minimum Gasteiger partial charge on any atom is -0.488 e.